The third-order valence-corrected chi connectivity index (χ3v) is 3.77. The van der Waals surface area contributed by atoms with Crippen molar-refractivity contribution >= 4 is 45.1 Å². The van der Waals surface area contributed by atoms with Crippen LogP contribution in [-0.2, 0) is 5.33 Å². The minimum absolute atomic E-state index is 0.0343. The molecule has 0 bridgehead atoms. The van der Waals surface area contributed by atoms with Crippen LogP contribution in [0.25, 0.3) is 11.3 Å². The fraction of sp³-hybridized carbons (Fsp3) is 0.0833. The van der Waals surface area contributed by atoms with E-state index in [0.29, 0.717) is 32.2 Å². The molecule has 7 heteroatoms. The first-order chi connectivity index (χ1) is 9.04. The lowest BCUT2D eigenvalue weighted by Crippen LogP contribution is -2.07. The number of aromatic nitrogens is 2. The second-order valence-electron chi connectivity index (χ2n) is 3.62. The van der Waals surface area contributed by atoms with Crippen molar-refractivity contribution in [1.29, 1.82) is 0 Å². The van der Waals surface area contributed by atoms with Gasteiger partial charge in [0, 0.05) is 16.5 Å². The van der Waals surface area contributed by atoms with Crippen LogP contribution >= 0.6 is 39.1 Å². The summed E-state index contributed by atoms with van der Waals surface area (Å²) in [7, 11) is 0. The standard InChI is InChI=1S/C12H7BrCl2N2O2/c13-4-7-10(16-5-17-11(7)12(18)19)6-1-2-8(14)9(15)3-6/h1-3,5H,4H2,(H,18,19). The van der Waals surface area contributed by atoms with Gasteiger partial charge in [0.25, 0.3) is 0 Å². The van der Waals surface area contributed by atoms with E-state index in [0.717, 1.165) is 0 Å². The van der Waals surface area contributed by atoms with E-state index in [1.165, 1.54) is 6.33 Å². The van der Waals surface area contributed by atoms with E-state index in [2.05, 4.69) is 25.9 Å². The third kappa shape index (κ3) is 2.88. The molecule has 0 radical (unpaired) electrons. The van der Waals surface area contributed by atoms with Crippen LogP contribution in [0.3, 0.4) is 0 Å². The molecule has 0 atom stereocenters. The van der Waals surface area contributed by atoms with Crippen LogP contribution in [0, 0.1) is 0 Å². The summed E-state index contributed by atoms with van der Waals surface area (Å²) in [6.07, 6.45) is 1.22. The van der Waals surface area contributed by atoms with Crippen molar-refractivity contribution in [2.75, 3.05) is 0 Å². The predicted octanol–water partition coefficient (Wildman–Crippen LogP) is 4.04. The molecule has 98 valence electrons. The molecule has 1 N–H and O–H groups in total. The number of carboxylic acids is 1. The van der Waals surface area contributed by atoms with Gasteiger partial charge in [0.05, 0.1) is 15.7 Å². The highest BCUT2D eigenvalue weighted by Crippen LogP contribution is 2.30. The normalized spacial score (nSPS) is 10.5. The Morgan fingerprint density at radius 2 is 2.00 bits per heavy atom. The number of hydrogen-bond donors (Lipinski definition) is 1. The summed E-state index contributed by atoms with van der Waals surface area (Å²) in [6.45, 7) is 0. The van der Waals surface area contributed by atoms with Gasteiger partial charge < -0.3 is 5.11 Å². The fourth-order valence-electron chi connectivity index (χ4n) is 1.62. The van der Waals surface area contributed by atoms with Gasteiger partial charge in [0.1, 0.15) is 6.33 Å². The Morgan fingerprint density at radius 1 is 1.26 bits per heavy atom. The van der Waals surface area contributed by atoms with Crippen molar-refractivity contribution < 1.29 is 9.90 Å². The highest BCUT2D eigenvalue weighted by Gasteiger charge is 2.17. The SMILES string of the molecule is O=C(O)c1ncnc(-c2ccc(Cl)c(Cl)c2)c1CBr. The molecule has 4 nitrogen and oxygen atoms in total. The molecule has 2 aromatic rings. The number of hydrogen-bond acceptors (Lipinski definition) is 3. The van der Waals surface area contributed by atoms with Crippen molar-refractivity contribution in [3.8, 4) is 11.3 Å². The number of alkyl halides is 1. The lowest BCUT2D eigenvalue weighted by Gasteiger charge is -2.09. The van der Waals surface area contributed by atoms with E-state index < -0.39 is 5.97 Å². The summed E-state index contributed by atoms with van der Waals surface area (Å²) in [4.78, 5) is 19.0. The zero-order chi connectivity index (χ0) is 14.0. The van der Waals surface area contributed by atoms with E-state index in [1.54, 1.807) is 18.2 Å². The van der Waals surface area contributed by atoms with Crippen LogP contribution in [0.4, 0.5) is 0 Å². The molecule has 19 heavy (non-hydrogen) atoms. The van der Waals surface area contributed by atoms with Crippen molar-refractivity contribution in [2.45, 2.75) is 5.33 Å². The number of aromatic carboxylic acids is 1. The lowest BCUT2D eigenvalue weighted by atomic mass is 10.1. The zero-order valence-corrected chi connectivity index (χ0v) is 12.5. The molecule has 0 aliphatic rings. The van der Waals surface area contributed by atoms with Gasteiger partial charge >= 0.3 is 5.97 Å². The second kappa shape index (κ2) is 5.86. The van der Waals surface area contributed by atoms with E-state index in [1.807, 2.05) is 0 Å². The maximum Gasteiger partial charge on any atom is 0.354 e. The molecular weight excluding hydrogens is 355 g/mol. The Bertz CT molecular complexity index is 650. The molecule has 0 amide bonds. The van der Waals surface area contributed by atoms with Crippen LogP contribution in [-0.4, -0.2) is 21.0 Å². The zero-order valence-electron chi connectivity index (χ0n) is 9.40. The number of carboxylic acid groups (broad SMARTS) is 1. The average molecular weight is 362 g/mol. The van der Waals surface area contributed by atoms with Gasteiger partial charge in [0.2, 0.25) is 0 Å². The number of carbonyl (C=O) groups is 1. The number of benzene rings is 1. The van der Waals surface area contributed by atoms with E-state index in [9.17, 15) is 4.79 Å². The molecule has 1 heterocycles. The van der Waals surface area contributed by atoms with Crippen LogP contribution < -0.4 is 0 Å². The van der Waals surface area contributed by atoms with Crippen LogP contribution in [0.1, 0.15) is 16.1 Å². The summed E-state index contributed by atoms with van der Waals surface area (Å²) in [6, 6.07) is 5.01. The molecule has 0 saturated heterocycles. The second-order valence-corrected chi connectivity index (χ2v) is 4.99. The molecule has 0 unspecified atom stereocenters. The molecule has 2 rings (SSSR count). The summed E-state index contributed by atoms with van der Waals surface area (Å²) >= 11 is 15.1. The minimum atomic E-state index is -1.10. The molecule has 1 aromatic heterocycles. The molecular formula is C12H7BrCl2N2O2. The topological polar surface area (TPSA) is 63.1 Å². The van der Waals surface area contributed by atoms with Gasteiger partial charge in [0.15, 0.2) is 5.69 Å². The van der Waals surface area contributed by atoms with Gasteiger partial charge in [-0.25, -0.2) is 14.8 Å². The monoisotopic (exact) mass is 360 g/mol. The highest BCUT2D eigenvalue weighted by molar-refractivity contribution is 9.08. The molecule has 0 spiro atoms. The Morgan fingerprint density at radius 3 is 2.58 bits per heavy atom. The molecule has 1 aromatic carbocycles. The van der Waals surface area contributed by atoms with Crippen LogP contribution in [0.2, 0.25) is 10.0 Å². The van der Waals surface area contributed by atoms with Crippen molar-refractivity contribution in [3.05, 3.63) is 45.8 Å². The summed E-state index contributed by atoms with van der Waals surface area (Å²) < 4.78 is 0. The Kier molecular flexibility index (Phi) is 4.39. The summed E-state index contributed by atoms with van der Waals surface area (Å²) in [5.74, 6) is -1.10. The Hall–Kier alpha value is -1.17. The third-order valence-electron chi connectivity index (χ3n) is 2.47. The lowest BCUT2D eigenvalue weighted by molar-refractivity contribution is 0.0689. The summed E-state index contributed by atoms with van der Waals surface area (Å²) in [5.41, 5.74) is 1.66. The van der Waals surface area contributed by atoms with Gasteiger partial charge in [-0.2, -0.15) is 0 Å². The van der Waals surface area contributed by atoms with Crippen LogP contribution in [0.15, 0.2) is 24.5 Å². The molecule has 0 fully saturated rings. The van der Waals surface area contributed by atoms with E-state index in [4.69, 9.17) is 28.3 Å². The maximum absolute atomic E-state index is 11.1. The predicted molar refractivity (Wildman–Crippen MR) is 77.1 cm³/mol. The number of nitrogens with zero attached hydrogens (tertiary/aromatic N) is 2. The smallest absolute Gasteiger partial charge is 0.354 e. The highest BCUT2D eigenvalue weighted by atomic mass is 79.9. The Labute approximate surface area is 127 Å². The average Bonchev–Trinajstić information content (AvgIpc) is 2.40. The van der Waals surface area contributed by atoms with E-state index in [-0.39, 0.29) is 5.69 Å². The first-order valence-electron chi connectivity index (χ1n) is 5.13. The van der Waals surface area contributed by atoms with E-state index >= 15 is 0 Å². The van der Waals surface area contributed by atoms with Crippen molar-refractivity contribution in [1.82, 2.24) is 9.97 Å². The van der Waals surface area contributed by atoms with Gasteiger partial charge in [-0.15, -0.1) is 0 Å². The van der Waals surface area contributed by atoms with Gasteiger partial charge in [-0.1, -0.05) is 45.2 Å². The van der Waals surface area contributed by atoms with Crippen LogP contribution in [0.5, 0.6) is 0 Å². The van der Waals surface area contributed by atoms with Gasteiger partial charge in [-0.3, -0.25) is 0 Å². The maximum atomic E-state index is 11.1. The quantitative estimate of drug-likeness (QED) is 0.838. The largest absolute Gasteiger partial charge is 0.476 e. The fourth-order valence-corrected chi connectivity index (χ4v) is 2.44. The summed E-state index contributed by atoms with van der Waals surface area (Å²) in [5, 5.41) is 10.2. The number of halogens is 3. The number of rotatable bonds is 3. The van der Waals surface area contributed by atoms with Crippen molar-refractivity contribution in [3.63, 3.8) is 0 Å². The molecule has 0 saturated carbocycles. The minimum Gasteiger partial charge on any atom is -0.476 e. The van der Waals surface area contributed by atoms with Gasteiger partial charge in [-0.05, 0) is 12.1 Å². The van der Waals surface area contributed by atoms with Crippen molar-refractivity contribution in [2.24, 2.45) is 0 Å². The first-order valence-corrected chi connectivity index (χ1v) is 7.01. The molecule has 0 aliphatic heterocycles. The Balaban J connectivity index is 2.64. The first kappa shape index (κ1) is 14.2. The molecule has 0 aliphatic carbocycles.